The molecule has 0 bridgehead atoms. The van der Waals surface area contributed by atoms with E-state index in [2.05, 4.69) is 112 Å². The molecule has 0 saturated carbocycles. The van der Waals surface area contributed by atoms with Gasteiger partial charge in [-0.15, -0.1) is 31.7 Å². The van der Waals surface area contributed by atoms with E-state index in [1.165, 1.54) is 17.9 Å². The molecular formula is C37H46N22S2. The quantitative estimate of drug-likeness (QED) is 0.145. The minimum Gasteiger partial charge on any atom is -0.314 e. The molecule has 5 N–H and O–H groups in total. The Morgan fingerprint density at radius 1 is 0.361 bits per heavy atom. The predicted octanol–water partition coefficient (Wildman–Crippen LogP) is 3.87. The lowest BCUT2D eigenvalue weighted by molar-refractivity contribution is 0.534. The molecule has 0 unspecified atom stereocenters. The number of piperazine rings is 1. The number of nitrogens with one attached hydrogen (secondary N) is 5. The van der Waals surface area contributed by atoms with Crippen LogP contribution in [0.1, 0.15) is 0 Å². The molecule has 1 aliphatic heterocycles. The Balaban J connectivity index is 0.000000336. The minimum atomic E-state index is 1.14. The average Bonchev–Trinajstić information content (AvgIpc) is 4.25. The van der Waals surface area contributed by atoms with Crippen molar-refractivity contribution in [1.29, 1.82) is 0 Å². The fourth-order valence-electron chi connectivity index (χ4n) is 2.79. The van der Waals surface area contributed by atoms with Crippen molar-refractivity contribution in [3.63, 3.8) is 0 Å². The molecule has 0 aromatic carbocycles. The van der Waals surface area contributed by atoms with Gasteiger partial charge in [0.25, 0.3) is 0 Å². The van der Waals surface area contributed by atoms with Gasteiger partial charge in [0.05, 0.1) is 30.3 Å². The van der Waals surface area contributed by atoms with Crippen molar-refractivity contribution in [2.24, 2.45) is 0 Å². The Labute approximate surface area is 360 Å². The van der Waals surface area contributed by atoms with E-state index in [1.807, 2.05) is 53.2 Å². The van der Waals surface area contributed by atoms with Crippen molar-refractivity contribution in [3.05, 3.63) is 201 Å². The molecule has 11 heterocycles. The number of aromatic amines is 3. The van der Waals surface area contributed by atoms with Crippen LogP contribution in [0.4, 0.5) is 0 Å². The van der Waals surface area contributed by atoms with Crippen molar-refractivity contribution < 1.29 is 0 Å². The Hall–Kier alpha value is -7.93. The van der Waals surface area contributed by atoms with Crippen molar-refractivity contribution in [3.8, 4) is 0 Å². The number of rotatable bonds is 0. The number of thiazole rings is 1. The van der Waals surface area contributed by atoms with Gasteiger partial charge in [-0.25, -0.2) is 9.97 Å². The van der Waals surface area contributed by atoms with Gasteiger partial charge in [0.15, 0.2) is 0 Å². The maximum absolute atomic E-state index is 3.78. The fourth-order valence-corrected chi connectivity index (χ4v) is 3.41. The van der Waals surface area contributed by atoms with Crippen LogP contribution in [-0.2, 0) is 0 Å². The SMILES string of the molecule is C1CNCCN1.c1c[nH]nn1.c1ccncc1.c1ccnnc1.c1cn[nH]c1.c1cn[nH]c1.c1cnccn1.c1cncnc1.c1cnnnc1.c1cscn1.c1csnn1. The monoisotopic (exact) mass is 862 g/mol. The Morgan fingerprint density at radius 2 is 0.918 bits per heavy atom. The fraction of sp³-hybridized carbons (Fsp3) is 0.108. The molecule has 24 heteroatoms. The number of H-pyrrole nitrogens is 3. The van der Waals surface area contributed by atoms with Crippen molar-refractivity contribution in [2.45, 2.75) is 0 Å². The van der Waals surface area contributed by atoms with Crippen LogP contribution in [0, 0.1) is 0 Å². The molecule has 1 fully saturated rings. The first-order valence-corrected chi connectivity index (χ1v) is 19.5. The van der Waals surface area contributed by atoms with E-state index >= 15 is 0 Å². The van der Waals surface area contributed by atoms with Gasteiger partial charge in [-0.1, -0.05) is 15.8 Å². The van der Waals surface area contributed by atoms with Gasteiger partial charge >= 0.3 is 0 Å². The van der Waals surface area contributed by atoms with Crippen LogP contribution in [0.2, 0.25) is 0 Å². The summed E-state index contributed by atoms with van der Waals surface area (Å²) >= 11 is 2.95. The van der Waals surface area contributed by atoms with E-state index < -0.39 is 0 Å². The van der Waals surface area contributed by atoms with Crippen LogP contribution in [0.15, 0.2) is 201 Å². The van der Waals surface area contributed by atoms with E-state index in [9.17, 15) is 0 Å². The zero-order valence-electron chi connectivity index (χ0n) is 32.8. The highest BCUT2D eigenvalue weighted by Gasteiger charge is 1.91. The maximum Gasteiger partial charge on any atom is 0.115 e. The number of hydrogen-bond acceptors (Lipinski definition) is 21. The van der Waals surface area contributed by atoms with Crippen LogP contribution in [-0.4, -0.2) is 127 Å². The minimum absolute atomic E-state index is 1.14. The number of aromatic nitrogens is 20. The van der Waals surface area contributed by atoms with Gasteiger partial charge in [0, 0.05) is 136 Å². The summed E-state index contributed by atoms with van der Waals surface area (Å²) in [4.78, 5) is 22.3. The summed E-state index contributed by atoms with van der Waals surface area (Å²) in [7, 11) is 0. The average molecular weight is 863 g/mol. The summed E-state index contributed by atoms with van der Waals surface area (Å²) < 4.78 is 3.51. The lowest BCUT2D eigenvalue weighted by Gasteiger charge is -2.11. The molecule has 61 heavy (non-hydrogen) atoms. The Bertz CT molecular complexity index is 1420. The summed E-state index contributed by atoms with van der Waals surface area (Å²) in [5.41, 5.74) is 1.79. The van der Waals surface area contributed by atoms with Crippen LogP contribution >= 0.6 is 22.9 Å². The van der Waals surface area contributed by atoms with Gasteiger partial charge in [-0.2, -0.15) is 20.4 Å². The molecule has 1 aliphatic rings. The van der Waals surface area contributed by atoms with Crippen LogP contribution in [0.25, 0.3) is 0 Å². The van der Waals surface area contributed by atoms with E-state index in [-0.39, 0.29) is 0 Å². The first-order valence-electron chi connectivity index (χ1n) is 17.7. The van der Waals surface area contributed by atoms with Gasteiger partial charge in [0.2, 0.25) is 0 Å². The molecular weight excluding hydrogens is 817 g/mol. The van der Waals surface area contributed by atoms with Crippen molar-refractivity contribution in [2.75, 3.05) is 26.2 Å². The van der Waals surface area contributed by atoms with Gasteiger partial charge < -0.3 is 10.6 Å². The second kappa shape index (κ2) is 48.2. The predicted molar refractivity (Wildman–Crippen MR) is 231 cm³/mol. The van der Waals surface area contributed by atoms with Crippen molar-refractivity contribution >= 4 is 22.9 Å². The molecule has 10 aromatic heterocycles. The first-order chi connectivity index (χ1) is 30.5. The van der Waals surface area contributed by atoms with Crippen LogP contribution < -0.4 is 10.6 Å². The van der Waals surface area contributed by atoms with Crippen LogP contribution in [0.3, 0.4) is 0 Å². The third-order valence-corrected chi connectivity index (χ3v) is 6.10. The molecule has 316 valence electrons. The highest BCUT2D eigenvalue weighted by Crippen LogP contribution is 1.86. The smallest absolute Gasteiger partial charge is 0.115 e. The number of nitrogens with zero attached hydrogens (tertiary/aromatic N) is 17. The Kier molecular flexibility index (Phi) is 40.4. The van der Waals surface area contributed by atoms with Gasteiger partial charge in [-0.3, -0.25) is 35.2 Å². The van der Waals surface area contributed by atoms with E-state index in [0.717, 1.165) is 26.2 Å². The van der Waals surface area contributed by atoms with E-state index in [1.54, 1.807) is 153 Å². The third kappa shape index (κ3) is 46.3. The molecule has 0 radical (unpaired) electrons. The molecule has 0 aliphatic carbocycles. The number of hydrogen-bond donors (Lipinski definition) is 5. The molecule has 10 aromatic rings. The lowest BCUT2D eigenvalue weighted by atomic mass is 10.4. The summed E-state index contributed by atoms with van der Waals surface area (Å²) in [5, 5.41) is 52.6. The molecule has 1 saturated heterocycles. The molecule has 22 nitrogen and oxygen atoms in total. The maximum atomic E-state index is 3.78. The second-order valence-electron chi connectivity index (χ2n) is 9.50. The number of pyridine rings is 1. The Morgan fingerprint density at radius 3 is 1.08 bits per heavy atom. The second-order valence-corrected chi connectivity index (χ2v) is 10.9. The standard InChI is InChI=1S/C5H5N.C4H10N2.3C4H4N2.C3H3N3.2C3H4N2.C3H3NS.C2H3N3.C2H2N2S/c1-2-4-6-5-3-1;2*1-2-6-4-3-5-1;1-2-5-4-6-3-1;2*1-2-4-6-5-3-1;2*1-2-4-5-3-1;1-2-5-3-4-1;1-2-4-5-3-1;1-2-5-4-3-1/h1-5H;5-6H,1-4H2;3*1-4H;1-3H;2*1-3H,(H,4,5);1-3H;1-2H,(H,3,4,5);1-2H. The molecule has 0 atom stereocenters. The molecule has 11 rings (SSSR count). The first kappa shape index (κ1) is 51.1. The molecule has 0 amide bonds. The van der Waals surface area contributed by atoms with E-state index in [4.69, 9.17) is 0 Å². The highest BCUT2D eigenvalue weighted by molar-refractivity contribution is 7.07. The molecule has 0 spiro atoms. The summed E-state index contributed by atoms with van der Waals surface area (Å²) in [6, 6.07) is 16.5. The lowest BCUT2D eigenvalue weighted by Crippen LogP contribution is -2.39. The zero-order valence-corrected chi connectivity index (χ0v) is 34.4. The summed E-state index contributed by atoms with van der Waals surface area (Å²) in [6.07, 6.45) is 34.9. The largest absolute Gasteiger partial charge is 0.314 e. The van der Waals surface area contributed by atoms with Crippen LogP contribution in [0.5, 0.6) is 0 Å². The normalized spacial score (nSPS) is 9.57. The van der Waals surface area contributed by atoms with Gasteiger partial charge in [-0.05, 0) is 65.3 Å². The third-order valence-electron chi connectivity index (χ3n) is 5.14. The topological polar surface area (TPSA) is 291 Å². The van der Waals surface area contributed by atoms with Crippen molar-refractivity contribution in [1.82, 2.24) is 112 Å². The van der Waals surface area contributed by atoms with Gasteiger partial charge in [0.1, 0.15) is 6.33 Å². The van der Waals surface area contributed by atoms with E-state index in [0.29, 0.717) is 0 Å². The zero-order chi connectivity index (χ0) is 43.1. The summed E-state index contributed by atoms with van der Waals surface area (Å²) in [6.45, 7) is 4.56. The summed E-state index contributed by atoms with van der Waals surface area (Å²) in [5.74, 6) is 0. The highest BCUT2D eigenvalue weighted by atomic mass is 32.1.